The maximum absolute atomic E-state index is 11.6. The summed E-state index contributed by atoms with van der Waals surface area (Å²) in [6.07, 6.45) is 5.50. The van der Waals surface area contributed by atoms with E-state index in [2.05, 4.69) is 34.1 Å². The van der Waals surface area contributed by atoms with Gasteiger partial charge in [-0.15, -0.1) is 0 Å². The van der Waals surface area contributed by atoms with E-state index in [1.54, 1.807) is 12.5 Å². The van der Waals surface area contributed by atoms with Gasteiger partial charge in [0.2, 0.25) is 0 Å². The predicted molar refractivity (Wildman–Crippen MR) is 85.5 cm³/mol. The molecule has 24 heavy (non-hydrogen) atoms. The molecule has 1 N–H and O–H groups in total. The standard InChI is InChI=1S/C16H17N3O2.CH2O2/c20-16-15-9-18(8-13(15)10-21-16)7-12-1-3-14(4-2-12)19-6-5-17-11-19;2-1-3/h1-6,11,13,15H,7-10H2;1H,(H,2,3)/t13-,15-;/m1./s1. The Labute approximate surface area is 139 Å². The van der Waals surface area contributed by atoms with Crippen LogP contribution in [-0.4, -0.2) is 51.7 Å². The van der Waals surface area contributed by atoms with Crippen LogP contribution in [-0.2, 0) is 20.9 Å². The first-order valence-electron chi connectivity index (χ1n) is 7.75. The molecule has 2 aliphatic rings. The average molecular weight is 329 g/mol. The molecule has 0 saturated carbocycles. The summed E-state index contributed by atoms with van der Waals surface area (Å²) in [5.41, 5.74) is 2.38. The van der Waals surface area contributed by atoms with Gasteiger partial charge in [0.25, 0.3) is 6.47 Å². The van der Waals surface area contributed by atoms with Gasteiger partial charge in [-0.2, -0.15) is 0 Å². The van der Waals surface area contributed by atoms with E-state index >= 15 is 0 Å². The van der Waals surface area contributed by atoms with Crippen LogP contribution in [0.1, 0.15) is 5.56 Å². The Hall–Kier alpha value is -2.67. The third-order valence-corrected chi connectivity index (χ3v) is 4.40. The van der Waals surface area contributed by atoms with Gasteiger partial charge in [0.15, 0.2) is 0 Å². The maximum atomic E-state index is 11.6. The zero-order valence-electron chi connectivity index (χ0n) is 13.1. The fourth-order valence-corrected chi connectivity index (χ4v) is 3.27. The minimum Gasteiger partial charge on any atom is -0.483 e. The molecule has 126 valence electrons. The molecule has 0 radical (unpaired) electrons. The fourth-order valence-electron chi connectivity index (χ4n) is 3.27. The number of likely N-dealkylation sites (tertiary alicyclic amines) is 1. The number of imidazole rings is 1. The first-order chi connectivity index (χ1) is 11.7. The van der Waals surface area contributed by atoms with Gasteiger partial charge < -0.3 is 14.4 Å². The minimum absolute atomic E-state index is 0.0158. The molecule has 2 fully saturated rings. The van der Waals surface area contributed by atoms with Crippen molar-refractivity contribution in [2.45, 2.75) is 6.54 Å². The molecule has 7 nitrogen and oxygen atoms in total. The SMILES string of the molecule is O=C1OC[C@H]2CN(Cc3ccc(-n4ccnc4)cc3)C[C@@H]12.O=CO. The summed E-state index contributed by atoms with van der Waals surface area (Å²) in [7, 11) is 0. The number of nitrogens with zero attached hydrogens (tertiary/aromatic N) is 3. The molecule has 1 aromatic carbocycles. The van der Waals surface area contributed by atoms with Crippen molar-refractivity contribution in [2.24, 2.45) is 11.8 Å². The van der Waals surface area contributed by atoms with Crippen molar-refractivity contribution >= 4 is 12.4 Å². The van der Waals surface area contributed by atoms with Gasteiger partial charge in [0, 0.05) is 43.6 Å². The Morgan fingerprint density at radius 2 is 2.04 bits per heavy atom. The van der Waals surface area contributed by atoms with E-state index in [4.69, 9.17) is 14.6 Å². The predicted octanol–water partition coefficient (Wildman–Crippen LogP) is 1.18. The third-order valence-electron chi connectivity index (χ3n) is 4.40. The first-order valence-corrected chi connectivity index (χ1v) is 7.75. The van der Waals surface area contributed by atoms with Crippen LogP contribution in [0.25, 0.3) is 5.69 Å². The third kappa shape index (κ3) is 3.46. The van der Waals surface area contributed by atoms with Crippen molar-refractivity contribution in [2.75, 3.05) is 19.7 Å². The van der Waals surface area contributed by atoms with Gasteiger partial charge in [-0.05, 0) is 17.7 Å². The summed E-state index contributed by atoms with van der Waals surface area (Å²) in [4.78, 5) is 26.3. The Kier molecular flexibility index (Phi) is 4.90. The minimum atomic E-state index is -0.250. The highest BCUT2D eigenvalue weighted by Gasteiger charge is 2.43. The van der Waals surface area contributed by atoms with Crippen LogP contribution in [0.15, 0.2) is 43.0 Å². The summed E-state index contributed by atoms with van der Waals surface area (Å²) in [6, 6.07) is 8.48. The molecule has 0 aliphatic carbocycles. The molecule has 0 unspecified atom stereocenters. The van der Waals surface area contributed by atoms with Crippen LogP contribution < -0.4 is 0 Å². The van der Waals surface area contributed by atoms with E-state index in [0.29, 0.717) is 12.5 Å². The van der Waals surface area contributed by atoms with Gasteiger partial charge in [-0.3, -0.25) is 14.5 Å². The van der Waals surface area contributed by atoms with Crippen LogP contribution in [0, 0.1) is 11.8 Å². The average Bonchev–Trinajstić information content (AvgIpc) is 3.29. The lowest BCUT2D eigenvalue weighted by molar-refractivity contribution is -0.141. The second kappa shape index (κ2) is 7.27. The van der Waals surface area contributed by atoms with Crippen molar-refractivity contribution in [1.29, 1.82) is 0 Å². The zero-order chi connectivity index (χ0) is 16.9. The van der Waals surface area contributed by atoms with E-state index in [1.165, 1.54) is 5.56 Å². The molecule has 2 aliphatic heterocycles. The molecular weight excluding hydrogens is 310 g/mol. The number of carboxylic acid groups (broad SMARTS) is 1. The van der Waals surface area contributed by atoms with Gasteiger partial charge in [-0.1, -0.05) is 12.1 Å². The summed E-state index contributed by atoms with van der Waals surface area (Å²) in [6.45, 7) is 3.02. The Morgan fingerprint density at radius 1 is 1.29 bits per heavy atom. The van der Waals surface area contributed by atoms with Crippen molar-refractivity contribution in [3.63, 3.8) is 0 Å². The molecule has 0 spiro atoms. The lowest BCUT2D eigenvalue weighted by Gasteiger charge is -2.16. The molecule has 1 aromatic heterocycles. The van der Waals surface area contributed by atoms with Crippen LogP contribution in [0.4, 0.5) is 0 Å². The van der Waals surface area contributed by atoms with Crippen LogP contribution in [0.2, 0.25) is 0 Å². The van der Waals surface area contributed by atoms with Gasteiger partial charge >= 0.3 is 5.97 Å². The number of carbonyl (C=O) groups excluding carboxylic acids is 1. The Bertz CT molecular complexity index is 684. The highest BCUT2D eigenvalue weighted by molar-refractivity contribution is 5.75. The number of ether oxygens (including phenoxy) is 1. The van der Waals surface area contributed by atoms with E-state index < -0.39 is 0 Å². The normalized spacial score (nSPS) is 22.4. The zero-order valence-corrected chi connectivity index (χ0v) is 13.1. The molecule has 4 rings (SSSR count). The second-order valence-electron chi connectivity index (χ2n) is 5.93. The van der Waals surface area contributed by atoms with E-state index in [1.807, 2.05) is 10.8 Å². The highest BCUT2D eigenvalue weighted by Crippen LogP contribution is 2.31. The number of esters is 1. The fraction of sp³-hybridized carbons (Fsp3) is 0.353. The van der Waals surface area contributed by atoms with E-state index in [9.17, 15) is 4.79 Å². The number of carbonyl (C=O) groups is 2. The summed E-state index contributed by atoms with van der Waals surface area (Å²) in [5, 5.41) is 6.89. The van der Waals surface area contributed by atoms with Gasteiger partial charge in [-0.25, -0.2) is 4.98 Å². The monoisotopic (exact) mass is 329 g/mol. The lowest BCUT2D eigenvalue weighted by Crippen LogP contribution is -2.23. The number of hydrogen-bond donors (Lipinski definition) is 1. The number of cyclic esters (lactones) is 1. The topological polar surface area (TPSA) is 84.7 Å². The molecule has 0 amide bonds. The molecule has 0 bridgehead atoms. The largest absolute Gasteiger partial charge is 0.483 e. The van der Waals surface area contributed by atoms with Crippen LogP contribution in [0.3, 0.4) is 0 Å². The van der Waals surface area contributed by atoms with Crippen molar-refractivity contribution in [3.8, 4) is 5.69 Å². The Balaban J connectivity index is 0.000000526. The van der Waals surface area contributed by atoms with Crippen LogP contribution in [0.5, 0.6) is 0 Å². The Morgan fingerprint density at radius 3 is 2.67 bits per heavy atom. The first kappa shape index (κ1) is 16.2. The molecule has 2 atom stereocenters. The quantitative estimate of drug-likeness (QED) is 0.672. The second-order valence-corrected chi connectivity index (χ2v) is 5.93. The lowest BCUT2D eigenvalue weighted by atomic mass is 10.0. The van der Waals surface area contributed by atoms with Crippen molar-refractivity contribution < 1.29 is 19.4 Å². The molecule has 2 saturated heterocycles. The van der Waals surface area contributed by atoms with E-state index in [-0.39, 0.29) is 18.4 Å². The van der Waals surface area contributed by atoms with Crippen LogP contribution >= 0.6 is 0 Å². The number of hydrogen-bond acceptors (Lipinski definition) is 5. The molecular formula is C17H19N3O4. The van der Waals surface area contributed by atoms with E-state index in [0.717, 1.165) is 25.3 Å². The highest BCUT2D eigenvalue weighted by atomic mass is 16.5. The maximum Gasteiger partial charge on any atom is 0.310 e. The van der Waals surface area contributed by atoms with Crippen molar-refractivity contribution in [3.05, 3.63) is 48.5 Å². The van der Waals surface area contributed by atoms with Gasteiger partial charge in [0.1, 0.15) is 0 Å². The number of rotatable bonds is 3. The van der Waals surface area contributed by atoms with Crippen molar-refractivity contribution in [1.82, 2.24) is 14.5 Å². The molecule has 3 heterocycles. The van der Waals surface area contributed by atoms with Gasteiger partial charge in [0.05, 0.1) is 18.9 Å². The molecule has 2 aromatic rings. The smallest absolute Gasteiger partial charge is 0.310 e. The summed E-state index contributed by atoms with van der Waals surface area (Å²) in [5.74, 6) is 0.468. The summed E-state index contributed by atoms with van der Waals surface area (Å²) < 4.78 is 7.09. The number of aromatic nitrogens is 2. The number of fused-ring (bicyclic) bond motifs is 1. The molecule has 7 heteroatoms. The summed E-state index contributed by atoms with van der Waals surface area (Å²) >= 11 is 0. The number of benzene rings is 1.